The summed E-state index contributed by atoms with van der Waals surface area (Å²) < 4.78 is 5.33. The van der Waals surface area contributed by atoms with Gasteiger partial charge in [0.15, 0.2) is 0 Å². The SMILES string of the molecule is CN1CCC1.COc1ccc(C)c(C(=O)NC2(c3cc(N4CCCC4)cc4ncccc34)CC2)c1. The number of carbonyl (C=O) groups excluding carboxylic acids is 1. The van der Waals surface area contributed by atoms with Crippen LogP contribution in [0.4, 0.5) is 5.69 Å². The Balaban J connectivity index is 0.000000453. The highest BCUT2D eigenvalue weighted by Crippen LogP contribution is 2.49. The lowest BCUT2D eigenvalue weighted by Gasteiger charge is -2.24. The fourth-order valence-electron chi connectivity index (χ4n) is 5.04. The van der Waals surface area contributed by atoms with Crippen molar-refractivity contribution in [3.8, 4) is 5.75 Å². The quantitative estimate of drug-likeness (QED) is 0.573. The van der Waals surface area contributed by atoms with Crippen molar-refractivity contribution >= 4 is 22.5 Å². The van der Waals surface area contributed by atoms with Crippen molar-refractivity contribution in [2.45, 2.75) is 44.6 Å². The summed E-state index contributed by atoms with van der Waals surface area (Å²) in [5.74, 6) is 0.647. The number of aryl methyl sites for hydroxylation is 1. The highest BCUT2D eigenvalue weighted by atomic mass is 16.5. The van der Waals surface area contributed by atoms with E-state index in [4.69, 9.17) is 4.74 Å². The van der Waals surface area contributed by atoms with Crippen LogP contribution in [0.1, 0.15) is 53.6 Å². The standard InChI is InChI=1S/C25H27N3O2.C4H9N/c1-17-7-8-19(30-2)16-21(17)24(29)27-25(9-10-25)22-14-18(28-12-3-4-13-28)15-23-20(22)6-5-11-26-23;1-5-3-2-4-5/h5-8,11,14-16H,3-4,9-10,12-13H2,1-2H3,(H,27,29);2-4H2,1H3. The summed E-state index contributed by atoms with van der Waals surface area (Å²) in [7, 11) is 3.77. The van der Waals surface area contributed by atoms with E-state index in [1.807, 2.05) is 37.4 Å². The van der Waals surface area contributed by atoms with Gasteiger partial charge in [-0.1, -0.05) is 12.1 Å². The number of carbonyl (C=O) groups is 1. The van der Waals surface area contributed by atoms with Crippen LogP contribution in [0.5, 0.6) is 5.75 Å². The molecule has 0 atom stereocenters. The Bertz CT molecular complexity index is 1210. The van der Waals surface area contributed by atoms with Gasteiger partial charge >= 0.3 is 0 Å². The second-order valence-electron chi connectivity index (χ2n) is 10.1. The molecule has 0 spiro atoms. The summed E-state index contributed by atoms with van der Waals surface area (Å²) in [6.45, 7) is 6.77. The Morgan fingerprint density at radius 2 is 1.77 bits per heavy atom. The van der Waals surface area contributed by atoms with E-state index in [0.29, 0.717) is 11.3 Å². The summed E-state index contributed by atoms with van der Waals surface area (Å²) in [6.07, 6.45) is 7.59. The van der Waals surface area contributed by atoms with Crippen molar-refractivity contribution in [3.63, 3.8) is 0 Å². The first-order valence-corrected chi connectivity index (χ1v) is 12.8. The van der Waals surface area contributed by atoms with Crippen molar-refractivity contribution in [2.75, 3.05) is 45.2 Å². The van der Waals surface area contributed by atoms with Crippen molar-refractivity contribution in [1.82, 2.24) is 15.2 Å². The minimum atomic E-state index is -0.330. The van der Waals surface area contributed by atoms with E-state index in [-0.39, 0.29) is 11.4 Å². The minimum absolute atomic E-state index is 0.0486. The lowest BCUT2D eigenvalue weighted by Crippen LogP contribution is -2.35. The van der Waals surface area contributed by atoms with Gasteiger partial charge in [-0.2, -0.15) is 0 Å². The molecule has 1 amide bonds. The topological polar surface area (TPSA) is 57.7 Å². The van der Waals surface area contributed by atoms with E-state index in [1.165, 1.54) is 43.6 Å². The molecule has 6 nitrogen and oxygen atoms in total. The van der Waals surface area contributed by atoms with E-state index in [2.05, 4.69) is 45.3 Å². The molecule has 6 heteroatoms. The van der Waals surface area contributed by atoms with E-state index >= 15 is 0 Å². The number of hydrogen-bond acceptors (Lipinski definition) is 5. The number of aromatic nitrogens is 1. The molecule has 35 heavy (non-hydrogen) atoms. The number of pyridine rings is 1. The second-order valence-corrected chi connectivity index (χ2v) is 10.1. The summed E-state index contributed by atoms with van der Waals surface area (Å²) >= 11 is 0. The molecule has 184 valence electrons. The van der Waals surface area contributed by atoms with Gasteiger partial charge in [0.05, 0.1) is 18.2 Å². The largest absolute Gasteiger partial charge is 0.497 e. The lowest BCUT2D eigenvalue weighted by molar-refractivity contribution is 0.0930. The van der Waals surface area contributed by atoms with E-state index in [0.717, 1.165) is 42.4 Å². The Hall–Kier alpha value is -3.12. The second kappa shape index (κ2) is 9.86. The third-order valence-corrected chi connectivity index (χ3v) is 7.56. The summed E-state index contributed by atoms with van der Waals surface area (Å²) in [6, 6.07) is 14.2. The Morgan fingerprint density at radius 1 is 1.03 bits per heavy atom. The zero-order chi connectivity index (χ0) is 24.4. The highest BCUT2D eigenvalue weighted by molar-refractivity contribution is 5.97. The zero-order valence-electron chi connectivity index (χ0n) is 21.1. The number of benzene rings is 2. The Labute approximate surface area is 208 Å². The minimum Gasteiger partial charge on any atom is -0.497 e. The predicted octanol–water partition coefficient (Wildman–Crippen LogP) is 4.89. The van der Waals surface area contributed by atoms with Crippen LogP contribution in [-0.4, -0.2) is 56.1 Å². The van der Waals surface area contributed by atoms with Crippen LogP contribution in [0.25, 0.3) is 10.9 Å². The van der Waals surface area contributed by atoms with E-state index < -0.39 is 0 Å². The molecule has 3 heterocycles. The molecule has 2 saturated heterocycles. The number of nitrogens with zero attached hydrogens (tertiary/aromatic N) is 3. The molecule has 3 aliphatic rings. The zero-order valence-corrected chi connectivity index (χ0v) is 21.1. The maximum Gasteiger partial charge on any atom is 0.252 e. The fraction of sp³-hybridized carbons (Fsp3) is 0.448. The average molecular weight is 473 g/mol. The van der Waals surface area contributed by atoms with Gasteiger partial charge in [0.1, 0.15) is 5.75 Å². The molecule has 2 aromatic carbocycles. The number of nitrogens with one attached hydrogen (secondary N) is 1. The number of ether oxygens (including phenoxy) is 1. The van der Waals surface area contributed by atoms with Gasteiger partial charge in [0.25, 0.3) is 5.91 Å². The maximum atomic E-state index is 13.2. The number of likely N-dealkylation sites (tertiary alicyclic amines) is 1. The molecule has 6 rings (SSSR count). The molecule has 1 saturated carbocycles. The van der Waals surface area contributed by atoms with Crippen LogP contribution in [0, 0.1) is 6.92 Å². The average Bonchev–Trinajstić information content (AvgIpc) is 3.42. The number of anilines is 1. The van der Waals surface area contributed by atoms with Crippen LogP contribution in [0.15, 0.2) is 48.7 Å². The Morgan fingerprint density at radius 3 is 2.40 bits per heavy atom. The van der Waals surface area contributed by atoms with E-state index in [1.54, 1.807) is 7.11 Å². The molecule has 0 bridgehead atoms. The first-order valence-electron chi connectivity index (χ1n) is 12.8. The fourth-order valence-corrected chi connectivity index (χ4v) is 5.04. The number of fused-ring (bicyclic) bond motifs is 1. The molecule has 2 aliphatic heterocycles. The Kier molecular flexibility index (Phi) is 6.65. The van der Waals surface area contributed by atoms with Crippen LogP contribution >= 0.6 is 0 Å². The van der Waals surface area contributed by atoms with Crippen molar-refractivity contribution < 1.29 is 9.53 Å². The van der Waals surface area contributed by atoms with E-state index in [9.17, 15) is 4.79 Å². The first kappa shape index (κ1) is 23.6. The molecule has 0 radical (unpaired) electrons. The monoisotopic (exact) mass is 472 g/mol. The molecule has 1 N–H and O–H groups in total. The van der Waals surface area contributed by atoms with Gasteiger partial charge in [-0.25, -0.2) is 0 Å². The third kappa shape index (κ3) is 4.98. The van der Waals surface area contributed by atoms with Gasteiger partial charge in [-0.3, -0.25) is 9.78 Å². The van der Waals surface area contributed by atoms with Crippen molar-refractivity contribution in [2.24, 2.45) is 0 Å². The summed E-state index contributed by atoms with van der Waals surface area (Å²) in [4.78, 5) is 22.6. The number of rotatable bonds is 5. The molecule has 1 aromatic heterocycles. The molecule has 0 unspecified atom stereocenters. The van der Waals surface area contributed by atoms with Crippen molar-refractivity contribution in [1.29, 1.82) is 0 Å². The molecule has 3 fully saturated rings. The van der Waals surface area contributed by atoms with Gasteiger partial charge in [0.2, 0.25) is 0 Å². The van der Waals surface area contributed by atoms with Crippen LogP contribution in [0.3, 0.4) is 0 Å². The van der Waals surface area contributed by atoms with Gasteiger partial charge in [0, 0.05) is 35.9 Å². The smallest absolute Gasteiger partial charge is 0.252 e. The third-order valence-electron chi connectivity index (χ3n) is 7.56. The normalized spacial score (nSPS) is 18.4. The van der Waals surface area contributed by atoms with Gasteiger partial charge < -0.3 is 19.9 Å². The molecular formula is C29H36N4O2. The van der Waals surface area contributed by atoms with Crippen LogP contribution in [0.2, 0.25) is 0 Å². The molecule has 1 aliphatic carbocycles. The highest BCUT2D eigenvalue weighted by Gasteiger charge is 2.47. The number of amides is 1. The van der Waals surface area contributed by atoms with Gasteiger partial charge in [-0.05, 0) is 101 Å². The number of methoxy groups -OCH3 is 1. The lowest BCUT2D eigenvalue weighted by atomic mass is 9.97. The van der Waals surface area contributed by atoms with Gasteiger partial charge in [-0.15, -0.1) is 0 Å². The van der Waals surface area contributed by atoms with Crippen LogP contribution < -0.4 is 15.0 Å². The number of hydrogen-bond donors (Lipinski definition) is 1. The van der Waals surface area contributed by atoms with Crippen molar-refractivity contribution in [3.05, 3.63) is 65.4 Å². The predicted molar refractivity (Wildman–Crippen MR) is 141 cm³/mol. The summed E-state index contributed by atoms with van der Waals surface area (Å²) in [5, 5.41) is 4.49. The molecular weight excluding hydrogens is 436 g/mol. The maximum absolute atomic E-state index is 13.2. The summed E-state index contributed by atoms with van der Waals surface area (Å²) in [5.41, 5.74) is 4.68. The first-order chi connectivity index (χ1) is 17.0. The molecule has 3 aromatic rings. The van der Waals surface area contributed by atoms with Crippen LogP contribution in [-0.2, 0) is 5.54 Å².